The van der Waals surface area contributed by atoms with Crippen molar-refractivity contribution in [1.82, 2.24) is 9.78 Å². The number of sulfonamides is 1. The Bertz CT molecular complexity index is 1680. The number of anilines is 1. The fraction of sp³-hybridized carbons (Fsp3) is 0.0870. The average Bonchev–Trinajstić information content (AvgIpc) is 3.37. The van der Waals surface area contributed by atoms with E-state index in [9.17, 15) is 22.7 Å². The molecule has 4 aromatic rings. The first-order valence-corrected chi connectivity index (χ1v) is 13.0. The molecule has 0 saturated carbocycles. The van der Waals surface area contributed by atoms with Gasteiger partial charge >= 0.3 is 0 Å². The maximum absolute atomic E-state index is 14.5. The molecule has 2 aromatic heterocycles. The van der Waals surface area contributed by atoms with Crippen molar-refractivity contribution in [3.8, 4) is 22.1 Å². The van der Waals surface area contributed by atoms with E-state index in [0.29, 0.717) is 10.6 Å². The van der Waals surface area contributed by atoms with Crippen LogP contribution in [0.2, 0.25) is 5.02 Å². The number of hydrogen-bond donors (Lipinski definition) is 2. The number of thiophene rings is 1. The summed E-state index contributed by atoms with van der Waals surface area (Å²) in [5, 5.41) is 20.0. The Labute approximate surface area is 213 Å². The van der Waals surface area contributed by atoms with Crippen LogP contribution in [0.15, 0.2) is 68.0 Å². The van der Waals surface area contributed by atoms with Crippen molar-refractivity contribution >= 4 is 44.5 Å². The zero-order chi connectivity index (χ0) is 25.6. The maximum atomic E-state index is 14.5. The van der Waals surface area contributed by atoms with Gasteiger partial charge in [-0.25, -0.2) is 9.07 Å². The van der Waals surface area contributed by atoms with Crippen molar-refractivity contribution in [3.63, 3.8) is 0 Å². The number of nitrogens with one attached hydrogen (secondary N) is 1. The molecule has 0 spiro atoms. The number of aromatic nitrogens is 2. The fourth-order valence-corrected chi connectivity index (χ4v) is 5.74. The summed E-state index contributed by atoms with van der Waals surface area (Å²) in [6.45, 7) is -0.371. The van der Waals surface area contributed by atoms with Crippen LogP contribution in [0.25, 0.3) is 10.6 Å². The van der Waals surface area contributed by atoms with E-state index in [1.165, 1.54) is 54.8 Å². The van der Waals surface area contributed by atoms with Crippen LogP contribution < -0.4 is 15.6 Å². The van der Waals surface area contributed by atoms with Gasteiger partial charge in [0.25, 0.3) is 15.6 Å². The average molecular weight is 547 g/mol. The van der Waals surface area contributed by atoms with Gasteiger partial charge in [-0.3, -0.25) is 4.79 Å². The summed E-state index contributed by atoms with van der Waals surface area (Å²) in [7, 11) is -2.88. The Hall–Kier alpha value is -3.74. The van der Waals surface area contributed by atoms with Gasteiger partial charge in [-0.05, 0) is 35.7 Å². The third-order valence-electron chi connectivity index (χ3n) is 5.42. The van der Waals surface area contributed by atoms with Crippen molar-refractivity contribution in [2.45, 2.75) is 11.4 Å². The Morgan fingerprint density at radius 3 is 2.72 bits per heavy atom. The van der Waals surface area contributed by atoms with Gasteiger partial charge < -0.3 is 15.2 Å². The largest absolute Gasteiger partial charge is 0.505 e. The van der Waals surface area contributed by atoms with Crippen LogP contribution in [0, 0.1) is 5.82 Å². The molecule has 0 bridgehead atoms. The molecule has 3 heterocycles. The number of ether oxygens (including phenoxy) is 1. The normalized spacial score (nSPS) is 14.0. The lowest BCUT2D eigenvalue weighted by Crippen LogP contribution is -2.34. The molecule has 9 nitrogen and oxygen atoms in total. The van der Waals surface area contributed by atoms with Gasteiger partial charge in [0.05, 0.1) is 24.2 Å². The molecule has 0 unspecified atom stereocenters. The number of halogens is 2. The van der Waals surface area contributed by atoms with E-state index in [1.807, 2.05) is 0 Å². The van der Waals surface area contributed by atoms with Crippen LogP contribution in [0.4, 0.5) is 10.1 Å². The van der Waals surface area contributed by atoms with Crippen molar-refractivity contribution < 1.29 is 22.7 Å². The Balaban J connectivity index is 1.73. The molecule has 2 aromatic carbocycles. The van der Waals surface area contributed by atoms with Gasteiger partial charge in [-0.15, -0.1) is 15.7 Å². The lowest BCUT2D eigenvalue weighted by atomic mass is 10.1. The Morgan fingerprint density at radius 1 is 1.22 bits per heavy atom. The molecular weight excluding hydrogens is 531 g/mol. The van der Waals surface area contributed by atoms with E-state index in [1.54, 1.807) is 17.5 Å². The third-order valence-corrected chi connectivity index (χ3v) is 7.97. The third kappa shape index (κ3) is 4.12. The first kappa shape index (κ1) is 24.0. The zero-order valence-corrected chi connectivity index (χ0v) is 20.8. The van der Waals surface area contributed by atoms with Gasteiger partial charge in [0.15, 0.2) is 11.6 Å². The van der Waals surface area contributed by atoms with Crippen LogP contribution in [-0.2, 0) is 16.6 Å². The monoisotopic (exact) mass is 546 g/mol. The number of benzene rings is 2. The Morgan fingerprint density at radius 2 is 2.03 bits per heavy atom. The predicted octanol–water partition coefficient (Wildman–Crippen LogP) is 4.09. The molecule has 0 atom stereocenters. The molecule has 0 amide bonds. The topological polar surface area (TPSA) is 123 Å². The highest BCUT2D eigenvalue weighted by molar-refractivity contribution is 7.90. The lowest BCUT2D eigenvalue weighted by Gasteiger charge is -2.20. The second-order valence-electron chi connectivity index (χ2n) is 7.61. The van der Waals surface area contributed by atoms with E-state index < -0.39 is 38.5 Å². The van der Waals surface area contributed by atoms with Crippen LogP contribution in [-0.4, -0.2) is 36.3 Å². The molecule has 0 fully saturated rings. The fourth-order valence-electron chi connectivity index (χ4n) is 3.67. The molecule has 0 radical (unpaired) electrons. The van der Waals surface area contributed by atoms with Gasteiger partial charge in [0.1, 0.15) is 27.7 Å². The summed E-state index contributed by atoms with van der Waals surface area (Å²) in [6.07, 6.45) is 0. The van der Waals surface area contributed by atoms with Gasteiger partial charge in [0.2, 0.25) is 0 Å². The van der Waals surface area contributed by atoms with E-state index in [0.717, 1.165) is 4.68 Å². The summed E-state index contributed by atoms with van der Waals surface area (Å²) in [5.41, 5.74) is -1.20. The van der Waals surface area contributed by atoms with Crippen molar-refractivity contribution in [1.29, 1.82) is 0 Å². The minimum atomic E-state index is -4.27. The highest BCUT2D eigenvalue weighted by Crippen LogP contribution is 2.36. The first-order valence-electron chi connectivity index (χ1n) is 10.3. The summed E-state index contributed by atoms with van der Waals surface area (Å²) >= 11 is 7.39. The second-order valence-corrected chi connectivity index (χ2v) is 10.5. The molecule has 0 saturated heterocycles. The minimum Gasteiger partial charge on any atom is -0.505 e. The molecule has 184 valence electrons. The molecule has 0 aliphatic carbocycles. The standard InChI is InChI=1S/C23H16ClFN4O5S2/c1-34-12-7-8-16-18(10-12)36(32,33)28-22(26-16)19-21(30)20(17-6-3-9-35-17)27-29(23(19)31)11-13-14(24)4-2-5-15(13)25/h2-10,30H,11H2,1H3,(H,26,28). The predicted molar refractivity (Wildman–Crippen MR) is 134 cm³/mol. The van der Waals surface area contributed by atoms with Gasteiger partial charge in [-0.2, -0.15) is 13.5 Å². The SMILES string of the molecule is COc1ccc2c(c1)S(=O)(=O)N=C(c1c(O)c(-c3cccs3)nn(Cc3c(F)cccc3Cl)c1=O)N2. The van der Waals surface area contributed by atoms with Crippen molar-refractivity contribution in [2.75, 3.05) is 12.4 Å². The molecule has 1 aliphatic heterocycles. The quantitative estimate of drug-likeness (QED) is 0.386. The summed E-state index contributed by atoms with van der Waals surface area (Å²) < 4.78 is 50.2. The zero-order valence-electron chi connectivity index (χ0n) is 18.4. The van der Waals surface area contributed by atoms with Crippen LogP contribution in [0.5, 0.6) is 11.5 Å². The molecule has 36 heavy (non-hydrogen) atoms. The van der Waals surface area contributed by atoms with E-state index in [2.05, 4.69) is 14.8 Å². The number of aromatic hydroxyl groups is 1. The maximum Gasteiger partial charge on any atom is 0.286 e. The number of rotatable bonds is 5. The second kappa shape index (κ2) is 9.04. The number of amidine groups is 1. The summed E-state index contributed by atoms with van der Waals surface area (Å²) in [5.74, 6) is -1.32. The highest BCUT2D eigenvalue weighted by atomic mass is 35.5. The molecule has 2 N–H and O–H groups in total. The van der Waals surface area contributed by atoms with Crippen LogP contribution >= 0.6 is 22.9 Å². The number of fused-ring (bicyclic) bond motifs is 1. The van der Waals surface area contributed by atoms with Crippen molar-refractivity contribution in [2.24, 2.45) is 4.40 Å². The Kier molecular flexibility index (Phi) is 6.02. The molecule has 1 aliphatic rings. The van der Waals surface area contributed by atoms with Gasteiger partial charge in [-0.1, -0.05) is 23.7 Å². The number of methoxy groups -OCH3 is 1. The lowest BCUT2D eigenvalue weighted by molar-refractivity contribution is 0.413. The highest BCUT2D eigenvalue weighted by Gasteiger charge is 2.31. The first-order chi connectivity index (χ1) is 17.2. The van der Waals surface area contributed by atoms with Crippen LogP contribution in [0.3, 0.4) is 0 Å². The van der Waals surface area contributed by atoms with Crippen molar-refractivity contribution in [3.05, 3.63) is 86.2 Å². The molecule has 13 heteroatoms. The van der Waals surface area contributed by atoms with Gasteiger partial charge in [0, 0.05) is 16.7 Å². The number of nitrogens with zero attached hydrogens (tertiary/aromatic N) is 3. The smallest absolute Gasteiger partial charge is 0.286 e. The van der Waals surface area contributed by atoms with E-state index >= 15 is 0 Å². The van der Waals surface area contributed by atoms with E-state index in [4.69, 9.17) is 16.3 Å². The van der Waals surface area contributed by atoms with Crippen LogP contribution in [0.1, 0.15) is 11.1 Å². The summed E-state index contributed by atoms with van der Waals surface area (Å²) in [4.78, 5) is 13.8. The molecule has 5 rings (SSSR count). The summed E-state index contributed by atoms with van der Waals surface area (Å²) in [6, 6.07) is 11.7. The van der Waals surface area contributed by atoms with E-state index in [-0.39, 0.29) is 33.4 Å². The minimum absolute atomic E-state index is 0.00510. The molecular formula is C23H16ClFN4O5S2. The number of hydrogen-bond acceptors (Lipinski definition) is 8.